The second-order valence-corrected chi connectivity index (χ2v) is 3.22. The maximum absolute atomic E-state index is 12.7. The van der Waals surface area contributed by atoms with E-state index < -0.39 is 10.7 Å². The molecule has 0 fully saturated rings. The highest BCUT2D eigenvalue weighted by atomic mass is 35.5. The summed E-state index contributed by atoms with van der Waals surface area (Å²) in [5.74, 6) is -0.165. The maximum Gasteiger partial charge on any atom is 0.279 e. The first-order valence-corrected chi connectivity index (χ1v) is 4.85. The Hall–Kier alpha value is -1.42. The van der Waals surface area contributed by atoms with Gasteiger partial charge in [0.05, 0.1) is 16.6 Å². The van der Waals surface area contributed by atoms with Gasteiger partial charge in [-0.15, -0.1) is 11.6 Å². The molecule has 0 saturated heterocycles. The Kier molecular flexibility index (Phi) is 4.24. The highest BCUT2D eigenvalue weighted by Crippen LogP contribution is 2.21. The summed E-state index contributed by atoms with van der Waals surface area (Å²) in [6.45, 7) is 0. The van der Waals surface area contributed by atoms with E-state index >= 15 is 0 Å². The van der Waals surface area contributed by atoms with Crippen molar-refractivity contribution in [2.24, 2.45) is 0 Å². The lowest BCUT2D eigenvalue weighted by Crippen LogP contribution is -1.92. The van der Waals surface area contributed by atoms with E-state index in [4.69, 9.17) is 11.6 Å². The molecule has 0 aliphatic heterocycles. The van der Waals surface area contributed by atoms with Gasteiger partial charge in [0.1, 0.15) is 5.82 Å². The number of nitrogens with zero attached hydrogens (tertiary/aromatic N) is 1. The molecule has 80 valence electrons. The van der Waals surface area contributed by atoms with Gasteiger partial charge in [0, 0.05) is 5.88 Å². The molecule has 1 aromatic carbocycles. The maximum atomic E-state index is 12.7. The molecule has 0 radical (unpaired) electrons. The number of nitro benzene ring substituents is 1. The van der Waals surface area contributed by atoms with Crippen LogP contribution in [0.4, 0.5) is 10.1 Å². The fraction of sp³-hybridized carbons (Fsp3) is 0.200. The molecule has 5 heteroatoms. The first kappa shape index (κ1) is 11.7. The summed E-state index contributed by atoms with van der Waals surface area (Å²) in [5.41, 5.74) is 0.146. The molecule has 0 N–H and O–H groups in total. The van der Waals surface area contributed by atoms with Crippen molar-refractivity contribution in [3.8, 4) is 0 Å². The third kappa shape index (κ3) is 3.32. The number of hydrogen-bond acceptors (Lipinski definition) is 2. The molecular weight excluding hydrogens is 221 g/mol. The van der Waals surface area contributed by atoms with Crippen LogP contribution < -0.4 is 0 Å². The molecule has 15 heavy (non-hydrogen) atoms. The van der Waals surface area contributed by atoms with Gasteiger partial charge in [0.15, 0.2) is 0 Å². The summed E-state index contributed by atoms with van der Waals surface area (Å²) in [5, 5.41) is 10.6. The van der Waals surface area contributed by atoms with Crippen molar-refractivity contribution >= 4 is 23.4 Å². The van der Waals surface area contributed by atoms with Gasteiger partial charge in [0.25, 0.3) is 5.69 Å². The molecule has 0 unspecified atom stereocenters. The summed E-state index contributed by atoms with van der Waals surface area (Å²) in [7, 11) is 0. The molecule has 0 aliphatic rings. The van der Waals surface area contributed by atoms with Gasteiger partial charge in [0.2, 0.25) is 0 Å². The van der Waals surface area contributed by atoms with Crippen molar-refractivity contribution in [3.05, 3.63) is 45.8 Å². The molecule has 0 bridgehead atoms. The van der Waals surface area contributed by atoms with E-state index in [0.29, 0.717) is 17.9 Å². The minimum Gasteiger partial charge on any atom is -0.258 e. The number of hydrogen-bond donors (Lipinski definition) is 0. The predicted molar refractivity (Wildman–Crippen MR) is 57.4 cm³/mol. The van der Waals surface area contributed by atoms with Gasteiger partial charge >= 0.3 is 0 Å². The lowest BCUT2D eigenvalue weighted by molar-refractivity contribution is -0.385. The van der Waals surface area contributed by atoms with Crippen LogP contribution >= 0.6 is 11.6 Å². The Labute approximate surface area is 91.3 Å². The summed E-state index contributed by atoms with van der Waals surface area (Å²) >= 11 is 5.45. The van der Waals surface area contributed by atoms with Crippen LogP contribution in [-0.4, -0.2) is 10.8 Å². The highest BCUT2D eigenvalue weighted by molar-refractivity contribution is 6.17. The molecule has 0 aromatic heterocycles. The Morgan fingerprint density at radius 1 is 1.53 bits per heavy atom. The molecule has 0 atom stereocenters. The zero-order chi connectivity index (χ0) is 11.3. The molecule has 0 spiro atoms. The third-order valence-electron chi connectivity index (χ3n) is 1.76. The van der Waals surface area contributed by atoms with Crippen molar-refractivity contribution in [2.75, 3.05) is 5.88 Å². The standard InChI is InChI=1S/C10H9ClFNO2/c11-6-2-1-3-8-4-5-9(12)7-10(8)13(14)15/h1,3-5,7H,2,6H2. The largest absolute Gasteiger partial charge is 0.279 e. The third-order valence-corrected chi connectivity index (χ3v) is 1.98. The molecule has 0 aliphatic carbocycles. The van der Waals surface area contributed by atoms with Crippen molar-refractivity contribution in [1.82, 2.24) is 0 Å². The first-order chi connectivity index (χ1) is 7.15. The van der Waals surface area contributed by atoms with Gasteiger partial charge < -0.3 is 0 Å². The van der Waals surface area contributed by atoms with Gasteiger partial charge in [-0.2, -0.15) is 0 Å². The number of allylic oxidation sites excluding steroid dienone is 1. The number of benzene rings is 1. The van der Waals surface area contributed by atoms with Crippen LogP contribution in [0.25, 0.3) is 6.08 Å². The van der Waals surface area contributed by atoms with Crippen molar-refractivity contribution < 1.29 is 9.31 Å². The number of alkyl halides is 1. The predicted octanol–water partition coefficient (Wildman–Crippen LogP) is 3.38. The average molecular weight is 230 g/mol. The van der Waals surface area contributed by atoms with E-state index in [1.807, 2.05) is 0 Å². The molecule has 0 amide bonds. The number of rotatable bonds is 4. The van der Waals surface area contributed by atoms with Crippen LogP contribution in [0.3, 0.4) is 0 Å². The fourth-order valence-corrected chi connectivity index (χ4v) is 1.22. The van der Waals surface area contributed by atoms with Crippen LogP contribution in [0.2, 0.25) is 0 Å². The molecule has 0 heterocycles. The fourth-order valence-electron chi connectivity index (χ4n) is 1.09. The second-order valence-electron chi connectivity index (χ2n) is 2.84. The summed E-state index contributed by atoms with van der Waals surface area (Å²) < 4.78 is 12.7. The van der Waals surface area contributed by atoms with Gasteiger partial charge in [-0.1, -0.05) is 12.2 Å². The Balaban J connectivity index is 3.01. The Bertz CT molecular complexity index is 393. The molecule has 1 aromatic rings. The van der Waals surface area contributed by atoms with Crippen LogP contribution in [0.15, 0.2) is 24.3 Å². The topological polar surface area (TPSA) is 43.1 Å². The number of nitro groups is 1. The molecule has 0 saturated carbocycles. The monoisotopic (exact) mass is 229 g/mol. The van der Waals surface area contributed by atoms with Crippen LogP contribution in [0.1, 0.15) is 12.0 Å². The first-order valence-electron chi connectivity index (χ1n) is 4.31. The van der Waals surface area contributed by atoms with E-state index in [1.165, 1.54) is 12.1 Å². The summed E-state index contributed by atoms with van der Waals surface area (Å²) in [4.78, 5) is 9.98. The zero-order valence-corrected chi connectivity index (χ0v) is 8.58. The Morgan fingerprint density at radius 2 is 2.27 bits per heavy atom. The van der Waals surface area contributed by atoms with Gasteiger partial charge in [-0.05, 0) is 18.6 Å². The van der Waals surface area contributed by atoms with E-state index in [0.717, 1.165) is 6.07 Å². The summed E-state index contributed by atoms with van der Waals surface area (Å²) in [6.07, 6.45) is 3.91. The van der Waals surface area contributed by atoms with Crippen molar-refractivity contribution in [1.29, 1.82) is 0 Å². The van der Waals surface area contributed by atoms with E-state index in [-0.39, 0.29) is 5.69 Å². The zero-order valence-electron chi connectivity index (χ0n) is 7.82. The quantitative estimate of drug-likeness (QED) is 0.451. The SMILES string of the molecule is O=[N+]([O-])c1cc(F)ccc1C=CCCCl. The molecule has 1 rings (SSSR count). The van der Waals surface area contributed by atoms with Crippen LogP contribution in [0.5, 0.6) is 0 Å². The number of halogens is 2. The smallest absolute Gasteiger partial charge is 0.258 e. The van der Waals surface area contributed by atoms with E-state index in [9.17, 15) is 14.5 Å². The second kappa shape index (κ2) is 5.46. The van der Waals surface area contributed by atoms with E-state index in [2.05, 4.69) is 0 Å². The van der Waals surface area contributed by atoms with E-state index in [1.54, 1.807) is 12.2 Å². The van der Waals surface area contributed by atoms with Gasteiger partial charge in [-0.25, -0.2) is 4.39 Å². The highest BCUT2D eigenvalue weighted by Gasteiger charge is 2.11. The minimum absolute atomic E-state index is 0.235. The van der Waals surface area contributed by atoms with Crippen molar-refractivity contribution in [2.45, 2.75) is 6.42 Å². The van der Waals surface area contributed by atoms with Gasteiger partial charge in [-0.3, -0.25) is 10.1 Å². The molecule has 3 nitrogen and oxygen atoms in total. The average Bonchev–Trinajstić information content (AvgIpc) is 2.20. The van der Waals surface area contributed by atoms with Crippen LogP contribution in [0, 0.1) is 15.9 Å². The lowest BCUT2D eigenvalue weighted by atomic mass is 10.1. The van der Waals surface area contributed by atoms with Crippen LogP contribution in [-0.2, 0) is 0 Å². The van der Waals surface area contributed by atoms with Crippen molar-refractivity contribution in [3.63, 3.8) is 0 Å². The summed E-state index contributed by atoms with van der Waals surface area (Å²) in [6, 6.07) is 3.46. The minimum atomic E-state index is -0.615. The molecular formula is C10H9ClFNO2. The normalized spacial score (nSPS) is 10.8. The Morgan fingerprint density at radius 3 is 2.87 bits per heavy atom. The lowest BCUT2D eigenvalue weighted by Gasteiger charge is -1.97.